The molecule has 1 aromatic heterocycles. The van der Waals surface area contributed by atoms with E-state index in [9.17, 15) is 19.5 Å². The van der Waals surface area contributed by atoms with Crippen molar-refractivity contribution in [2.75, 3.05) is 6.54 Å². The molecule has 3 rings (SSSR count). The largest absolute Gasteiger partial charge is 0.545 e. The molecule has 0 aliphatic carbocycles. The number of nitrogens with zero attached hydrogens (tertiary/aromatic N) is 1. The van der Waals surface area contributed by atoms with Crippen molar-refractivity contribution in [2.45, 2.75) is 13.3 Å². The van der Waals surface area contributed by atoms with Crippen molar-refractivity contribution < 1.29 is 23.9 Å². The summed E-state index contributed by atoms with van der Waals surface area (Å²) in [5, 5.41) is 13.4. The minimum absolute atomic E-state index is 0.0345. The Morgan fingerprint density at radius 3 is 2.73 bits per heavy atom. The number of carboxylic acids is 1. The van der Waals surface area contributed by atoms with Crippen LogP contribution >= 0.6 is 11.6 Å². The fraction of sp³-hybridized carbons (Fsp3) is 0.167. The molecule has 1 saturated heterocycles. The number of amides is 3. The zero-order chi connectivity index (χ0) is 18.8. The van der Waals surface area contributed by atoms with Crippen LogP contribution in [-0.4, -0.2) is 29.4 Å². The van der Waals surface area contributed by atoms with Crippen LogP contribution in [0, 0.1) is 0 Å². The average molecular weight is 374 g/mol. The lowest BCUT2D eigenvalue weighted by molar-refractivity contribution is -0.255. The van der Waals surface area contributed by atoms with Crippen LogP contribution in [0.5, 0.6) is 0 Å². The van der Waals surface area contributed by atoms with Crippen molar-refractivity contribution >= 4 is 35.6 Å². The predicted octanol–water partition coefficient (Wildman–Crippen LogP) is 2.27. The Bertz CT molecular complexity index is 931. The van der Waals surface area contributed by atoms with Gasteiger partial charge in [0.1, 0.15) is 17.2 Å². The van der Waals surface area contributed by atoms with Crippen LogP contribution < -0.4 is 10.4 Å². The summed E-state index contributed by atoms with van der Waals surface area (Å²) in [5.41, 5.74) is 0.591. The number of furan rings is 1. The average Bonchev–Trinajstić information content (AvgIpc) is 3.15. The first kappa shape index (κ1) is 17.8. The van der Waals surface area contributed by atoms with Crippen molar-refractivity contribution in [1.29, 1.82) is 0 Å². The maximum atomic E-state index is 12.2. The van der Waals surface area contributed by atoms with Crippen LogP contribution in [0.2, 0.25) is 5.02 Å². The summed E-state index contributed by atoms with van der Waals surface area (Å²) in [7, 11) is 0. The summed E-state index contributed by atoms with van der Waals surface area (Å²) < 4.78 is 5.65. The highest BCUT2D eigenvalue weighted by atomic mass is 35.5. The number of nitrogens with one attached hydrogen (secondary N) is 1. The predicted molar refractivity (Wildman–Crippen MR) is 92.0 cm³/mol. The van der Waals surface area contributed by atoms with Gasteiger partial charge in [0, 0.05) is 23.7 Å². The van der Waals surface area contributed by atoms with Gasteiger partial charge in [0.2, 0.25) is 0 Å². The van der Waals surface area contributed by atoms with Gasteiger partial charge in [0.25, 0.3) is 5.91 Å². The first-order valence-electron chi connectivity index (χ1n) is 7.86. The smallest absolute Gasteiger partial charge is 0.329 e. The number of halogens is 1. The molecule has 8 heteroatoms. The molecule has 1 fully saturated rings. The Labute approximate surface area is 153 Å². The number of rotatable bonds is 5. The first-order valence-corrected chi connectivity index (χ1v) is 8.24. The molecule has 1 N–H and O–H groups in total. The molecule has 0 bridgehead atoms. The van der Waals surface area contributed by atoms with E-state index in [0.29, 0.717) is 30.0 Å². The number of benzene rings is 1. The topological polar surface area (TPSA) is 103 Å². The van der Waals surface area contributed by atoms with Gasteiger partial charge in [-0.1, -0.05) is 30.7 Å². The number of carboxylic acid groups (broad SMARTS) is 1. The van der Waals surface area contributed by atoms with E-state index in [1.54, 1.807) is 12.1 Å². The van der Waals surface area contributed by atoms with Gasteiger partial charge in [-0.2, -0.15) is 0 Å². The third-order valence-electron chi connectivity index (χ3n) is 3.80. The van der Waals surface area contributed by atoms with E-state index < -0.39 is 17.9 Å². The van der Waals surface area contributed by atoms with E-state index in [1.165, 1.54) is 24.3 Å². The van der Waals surface area contributed by atoms with Gasteiger partial charge < -0.3 is 19.6 Å². The third kappa shape index (κ3) is 3.34. The molecule has 7 nitrogen and oxygen atoms in total. The molecule has 0 atom stereocenters. The molecule has 0 saturated carbocycles. The molecule has 2 heterocycles. The van der Waals surface area contributed by atoms with Crippen LogP contribution in [0.4, 0.5) is 4.79 Å². The minimum atomic E-state index is -1.36. The maximum absolute atomic E-state index is 12.2. The first-order chi connectivity index (χ1) is 12.4. The van der Waals surface area contributed by atoms with E-state index >= 15 is 0 Å². The Kier molecular flexibility index (Phi) is 4.81. The lowest BCUT2D eigenvalue weighted by atomic mass is 10.1. The fourth-order valence-corrected chi connectivity index (χ4v) is 2.82. The highest BCUT2D eigenvalue weighted by Gasteiger charge is 2.32. The second kappa shape index (κ2) is 7.05. The van der Waals surface area contributed by atoms with Crippen molar-refractivity contribution in [3.05, 3.63) is 52.4 Å². The Morgan fingerprint density at radius 1 is 1.31 bits per heavy atom. The normalized spacial score (nSPS) is 15.6. The summed E-state index contributed by atoms with van der Waals surface area (Å²) >= 11 is 5.93. The van der Waals surface area contributed by atoms with E-state index in [0.717, 1.165) is 4.90 Å². The molecule has 0 spiro atoms. The summed E-state index contributed by atoms with van der Waals surface area (Å²) in [6.07, 6.45) is 2.11. The number of aromatic carboxylic acids is 1. The van der Waals surface area contributed by atoms with Crippen molar-refractivity contribution in [2.24, 2.45) is 0 Å². The minimum Gasteiger partial charge on any atom is -0.545 e. The molecule has 1 aliphatic heterocycles. The Hall–Kier alpha value is -3.06. The Balaban J connectivity index is 1.85. The van der Waals surface area contributed by atoms with E-state index in [1.807, 2.05) is 6.92 Å². The van der Waals surface area contributed by atoms with Crippen LogP contribution in [-0.2, 0) is 4.79 Å². The van der Waals surface area contributed by atoms with Crippen LogP contribution in [0.15, 0.2) is 40.4 Å². The summed E-state index contributed by atoms with van der Waals surface area (Å²) in [6, 6.07) is 7.15. The standard InChI is InChI=1S/C18H15ClN2O5/c1-2-7-21-16(22)14(20-18(21)25)9-11-4-6-15(26-11)10-3-5-12(17(23)24)13(19)8-10/h3-6,8-9H,2,7H2,1H3,(H,20,25)(H,23,24)/p-1/b14-9+. The van der Waals surface area contributed by atoms with Gasteiger partial charge in [-0.15, -0.1) is 0 Å². The molecular formula is C18H14ClN2O5-. The molecule has 1 aliphatic rings. The van der Waals surface area contributed by atoms with E-state index in [-0.39, 0.29) is 16.3 Å². The Morgan fingerprint density at radius 2 is 2.08 bits per heavy atom. The lowest BCUT2D eigenvalue weighted by Crippen LogP contribution is -2.31. The van der Waals surface area contributed by atoms with E-state index in [2.05, 4.69) is 5.32 Å². The fourth-order valence-electron chi connectivity index (χ4n) is 2.56. The summed E-state index contributed by atoms with van der Waals surface area (Å²) in [4.78, 5) is 36.0. The molecule has 1 aromatic carbocycles. The number of urea groups is 1. The van der Waals surface area contributed by atoms with Gasteiger partial charge in [0.15, 0.2) is 0 Å². The van der Waals surface area contributed by atoms with Crippen LogP contribution in [0.1, 0.15) is 29.5 Å². The molecule has 134 valence electrons. The number of carbonyl (C=O) groups is 3. The highest BCUT2D eigenvalue weighted by Crippen LogP contribution is 2.28. The van der Waals surface area contributed by atoms with Gasteiger partial charge in [0.05, 0.1) is 11.0 Å². The maximum Gasteiger partial charge on any atom is 0.329 e. The third-order valence-corrected chi connectivity index (χ3v) is 4.11. The second-order valence-electron chi connectivity index (χ2n) is 5.63. The molecule has 3 amide bonds. The van der Waals surface area contributed by atoms with Crippen LogP contribution in [0.3, 0.4) is 0 Å². The van der Waals surface area contributed by atoms with Crippen molar-refractivity contribution in [3.8, 4) is 11.3 Å². The van der Waals surface area contributed by atoms with Gasteiger partial charge in [-0.3, -0.25) is 9.69 Å². The van der Waals surface area contributed by atoms with Crippen molar-refractivity contribution in [3.63, 3.8) is 0 Å². The van der Waals surface area contributed by atoms with Gasteiger partial charge in [-0.05, 0) is 24.6 Å². The quantitative estimate of drug-likeness (QED) is 0.639. The van der Waals surface area contributed by atoms with E-state index in [4.69, 9.17) is 16.0 Å². The molecule has 26 heavy (non-hydrogen) atoms. The highest BCUT2D eigenvalue weighted by molar-refractivity contribution is 6.33. The molecular weight excluding hydrogens is 360 g/mol. The van der Waals surface area contributed by atoms with Crippen molar-refractivity contribution in [1.82, 2.24) is 10.2 Å². The van der Waals surface area contributed by atoms with Gasteiger partial charge in [-0.25, -0.2) is 4.79 Å². The lowest BCUT2D eigenvalue weighted by Gasteiger charge is -2.08. The molecule has 0 unspecified atom stereocenters. The number of imide groups is 1. The zero-order valence-corrected chi connectivity index (χ0v) is 14.5. The van der Waals surface area contributed by atoms with Gasteiger partial charge >= 0.3 is 6.03 Å². The molecule has 2 aromatic rings. The summed E-state index contributed by atoms with van der Waals surface area (Å²) in [6.45, 7) is 2.21. The molecule has 0 radical (unpaired) electrons. The zero-order valence-electron chi connectivity index (χ0n) is 13.7. The summed E-state index contributed by atoms with van der Waals surface area (Å²) in [5.74, 6) is -0.970. The number of hydrogen-bond donors (Lipinski definition) is 1. The second-order valence-corrected chi connectivity index (χ2v) is 6.04. The SMILES string of the molecule is CCCN1C(=O)N/C(=C/c2ccc(-c3ccc(C(=O)[O-])c(Cl)c3)o2)C1=O. The number of hydrogen-bond acceptors (Lipinski definition) is 5. The number of carbonyl (C=O) groups excluding carboxylic acids is 3. The monoisotopic (exact) mass is 373 g/mol. The van der Waals surface area contributed by atoms with Crippen LogP contribution in [0.25, 0.3) is 17.4 Å².